The largest absolute Gasteiger partial charge is 0.469 e. The summed E-state index contributed by atoms with van der Waals surface area (Å²) in [5.41, 5.74) is 3.13. The summed E-state index contributed by atoms with van der Waals surface area (Å²) >= 11 is 0. The lowest BCUT2D eigenvalue weighted by atomic mass is 10.1. The number of furan rings is 1. The normalized spacial score (nSPS) is 10.3. The van der Waals surface area contributed by atoms with E-state index >= 15 is 0 Å². The standard InChI is InChI=1S/C15H17NO2/c1-11-5-3-4-6-13(11)7-9-16-15(17)14-8-10-18-12(14)2/h3-6,8,10H,7,9H2,1-2H3,(H,16,17). The number of carbonyl (C=O) groups is 1. The molecule has 1 heterocycles. The summed E-state index contributed by atoms with van der Waals surface area (Å²) in [6.07, 6.45) is 2.38. The van der Waals surface area contributed by atoms with Crippen LogP contribution in [0.2, 0.25) is 0 Å². The molecule has 0 fully saturated rings. The number of benzene rings is 1. The van der Waals surface area contributed by atoms with Gasteiger partial charge in [-0.05, 0) is 37.5 Å². The lowest BCUT2D eigenvalue weighted by Crippen LogP contribution is -2.26. The molecule has 94 valence electrons. The molecule has 2 aromatic rings. The summed E-state index contributed by atoms with van der Waals surface area (Å²) in [6.45, 7) is 4.50. The SMILES string of the molecule is Cc1ccccc1CCNC(=O)c1ccoc1C. The molecule has 0 aliphatic rings. The molecule has 1 aromatic carbocycles. The fourth-order valence-corrected chi connectivity index (χ4v) is 1.92. The highest BCUT2D eigenvalue weighted by atomic mass is 16.3. The zero-order chi connectivity index (χ0) is 13.0. The van der Waals surface area contributed by atoms with Crippen molar-refractivity contribution >= 4 is 5.91 Å². The summed E-state index contributed by atoms with van der Waals surface area (Å²) < 4.78 is 5.11. The maximum Gasteiger partial charge on any atom is 0.254 e. The Morgan fingerprint density at radius 1 is 1.22 bits per heavy atom. The third kappa shape index (κ3) is 2.80. The minimum atomic E-state index is -0.0742. The number of hydrogen-bond donors (Lipinski definition) is 1. The average molecular weight is 243 g/mol. The lowest BCUT2D eigenvalue weighted by molar-refractivity contribution is 0.0952. The van der Waals surface area contributed by atoms with E-state index in [0.717, 1.165) is 6.42 Å². The van der Waals surface area contributed by atoms with E-state index in [2.05, 4.69) is 24.4 Å². The van der Waals surface area contributed by atoms with Gasteiger partial charge in [0, 0.05) is 6.54 Å². The Morgan fingerprint density at radius 3 is 2.67 bits per heavy atom. The van der Waals surface area contributed by atoms with Gasteiger partial charge in [0.2, 0.25) is 0 Å². The quantitative estimate of drug-likeness (QED) is 0.897. The van der Waals surface area contributed by atoms with Crippen molar-refractivity contribution in [3.63, 3.8) is 0 Å². The summed E-state index contributed by atoms with van der Waals surface area (Å²) in [5, 5.41) is 2.90. The van der Waals surface area contributed by atoms with Crippen LogP contribution in [0.15, 0.2) is 41.0 Å². The Balaban J connectivity index is 1.88. The molecule has 0 aliphatic heterocycles. The molecule has 18 heavy (non-hydrogen) atoms. The number of nitrogens with one attached hydrogen (secondary N) is 1. The second-order valence-electron chi connectivity index (χ2n) is 4.32. The Kier molecular flexibility index (Phi) is 3.82. The Morgan fingerprint density at radius 2 is 2.00 bits per heavy atom. The minimum Gasteiger partial charge on any atom is -0.469 e. The van der Waals surface area contributed by atoms with Crippen LogP contribution in [0.4, 0.5) is 0 Å². The van der Waals surface area contributed by atoms with Crippen molar-refractivity contribution in [3.8, 4) is 0 Å². The molecule has 0 unspecified atom stereocenters. The topological polar surface area (TPSA) is 42.2 Å². The van der Waals surface area contributed by atoms with Crippen LogP contribution < -0.4 is 5.32 Å². The van der Waals surface area contributed by atoms with Crippen molar-refractivity contribution in [3.05, 3.63) is 59.0 Å². The zero-order valence-corrected chi connectivity index (χ0v) is 10.7. The van der Waals surface area contributed by atoms with Gasteiger partial charge in [-0.2, -0.15) is 0 Å². The number of amides is 1. The van der Waals surface area contributed by atoms with E-state index < -0.39 is 0 Å². The van der Waals surface area contributed by atoms with Gasteiger partial charge >= 0.3 is 0 Å². The first-order valence-electron chi connectivity index (χ1n) is 6.05. The number of aryl methyl sites for hydroxylation is 2. The van der Waals surface area contributed by atoms with Gasteiger partial charge in [0.15, 0.2) is 0 Å². The van der Waals surface area contributed by atoms with E-state index in [4.69, 9.17) is 4.42 Å². The molecular formula is C15H17NO2. The van der Waals surface area contributed by atoms with Gasteiger partial charge in [-0.1, -0.05) is 24.3 Å². The number of carbonyl (C=O) groups excluding carboxylic acids is 1. The van der Waals surface area contributed by atoms with Crippen LogP contribution in [0.1, 0.15) is 27.2 Å². The fourth-order valence-electron chi connectivity index (χ4n) is 1.92. The van der Waals surface area contributed by atoms with Gasteiger partial charge in [-0.25, -0.2) is 0 Å². The van der Waals surface area contributed by atoms with E-state index in [1.807, 2.05) is 12.1 Å². The van der Waals surface area contributed by atoms with Crippen LogP contribution in [-0.4, -0.2) is 12.5 Å². The smallest absolute Gasteiger partial charge is 0.254 e. The first-order valence-corrected chi connectivity index (χ1v) is 6.05. The van der Waals surface area contributed by atoms with Gasteiger partial charge in [-0.3, -0.25) is 4.79 Å². The van der Waals surface area contributed by atoms with Crippen LogP contribution in [0.25, 0.3) is 0 Å². The van der Waals surface area contributed by atoms with Crippen LogP contribution in [0.3, 0.4) is 0 Å². The van der Waals surface area contributed by atoms with Crippen molar-refractivity contribution in [1.82, 2.24) is 5.32 Å². The van der Waals surface area contributed by atoms with Gasteiger partial charge in [-0.15, -0.1) is 0 Å². The Bertz CT molecular complexity index is 543. The van der Waals surface area contributed by atoms with Crippen LogP contribution >= 0.6 is 0 Å². The molecule has 0 aliphatic carbocycles. The van der Waals surface area contributed by atoms with Crippen molar-refractivity contribution in [2.45, 2.75) is 20.3 Å². The first kappa shape index (κ1) is 12.4. The maximum absolute atomic E-state index is 11.8. The molecule has 0 atom stereocenters. The molecule has 0 spiro atoms. The summed E-state index contributed by atoms with van der Waals surface area (Å²) in [4.78, 5) is 11.8. The van der Waals surface area contributed by atoms with Crippen molar-refractivity contribution in [1.29, 1.82) is 0 Å². The van der Waals surface area contributed by atoms with Gasteiger partial charge in [0.05, 0.1) is 11.8 Å². The molecule has 3 heteroatoms. The molecule has 1 aromatic heterocycles. The van der Waals surface area contributed by atoms with Crippen LogP contribution in [0, 0.1) is 13.8 Å². The minimum absolute atomic E-state index is 0.0742. The van der Waals surface area contributed by atoms with E-state index in [-0.39, 0.29) is 5.91 Å². The highest BCUT2D eigenvalue weighted by Crippen LogP contribution is 2.09. The molecule has 0 saturated heterocycles. The Hall–Kier alpha value is -2.03. The van der Waals surface area contributed by atoms with E-state index in [1.54, 1.807) is 13.0 Å². The van der Waals surface area contributed by atoms with Crippen molar-refractivity contribution in [2.24, 2.45) is 0 Å². The predicted octanol–water partition coefficient (Wildman–Crippen LogP) is 2.87. The fraction of sp³-hybridized carbons (Fsp3) is 0.267. The molecule has 1 amide bonds. The zero-order valence-electron chi connectivity index (χ0n) is 10.7. The predicted molar refractivity (Wildman–Crippen MR) is 70.7 cm³/mol. The summed E-state index contributed by atoms with van der Waals surface area (Å²) in [7, 11) is 0. The van der Waals surface area contributed by atoms with E-state index in [0.29, 0.717) is 17.9 Å². The maximum atomic E-state index is 11.8. The molecular weight excluding hydrogens is 226 g/mol. The van der Waals surface area contributed by atoms with Crippen LogP contribution in [-0.2, 0) is 6.42 Å². The number of rotatable bonds is 4. The number of hydrogen-bond acceptors (Lipinski definition) is 2. The van der Waals surface area contributed by atoms with Gasteiger partial charge in [0.25, 0.3) is 5.91 Å². The second-order valence-corrected chi connectivity index (χ2v) is 4.32. The molecule has 0 saturated carbocycles. The monoisotopic (exact) mass is 243 g/mol. The van der Waals surface area contributed by atoms with Gasteiger partial charge < -0.3 is 9.73 Å². The molecule has 0 bridgehead atoms. The van der Waals surface area contributed by atoms with E-state index in [9.17, 15) is 4.79 Å². The first-order chi connectivity index (χ1) is 8.68. The van der Waals surface area contributed by atoms with Gasteiger partial charge in [0.1, 0.15) is 5.76 Å². The average Bonchev–Trinajstić information content (AvgIpc) is 2.78. The third-order valence-corrected chi connectivity index (χ3v) is 3.04. The molecule has 0 radical (unpaired) electrons. The third-order valence-electron chi connectivity index (χ3n) is 3.04. The molecule has 1 N–H and O–H groups in total. The Labute approximate surface area is 107 Å². The second kappa shape index (κ2) is 5.54. The molecule has 3 nitrogen and oxygen atoms in total. The highest BCUT2D eigenvalue weighted by Gasteiger charge is 2.10. The molecule has 2 rings (SSSR count). The van der Waals surface area contributed by atoms with E-state index in [1.165, 1.54) is 17.4 Å². The highest BCUT2D eigenvalue weighted by molar-refractivity contribution is 5.95. The summed E-state index contributed by atoms with van der Waals surface area (Å²) in [6, 6.07) is 9.90. The summed E-state index contributed by atoms with van der Waals surface area (Å²) in [5.74, 6) is 0.582. The lowest BCUT2D eigenvalue weighted by Gasteiger charge is -2.07. The van der Waals surface area contributed by atoms with Crippen molar-refractivity contribution < 1.29 is 9.21 Å². The van der Waals surface area contributed by atoms with Crippen molar-refractivity contribution in [2.75, 3.05) is 6.54 Å². The van der Waals surface area contributed by atoms with Crippen LogP contribution in [0.5, 0.6) is 0 Å².